The van der Waals surface area contributed by atoms with E-state index in [9.17, 15) is 9.90 Å². The number of carbonyl (C=O) groups is 1. The lowest BCUT2D eigenvalue weighted by Gasteiger charge is -2.16. The van der Waals surface area contributed by atoms with Gasteiger partial charge in [0.2, 0.25) is 0 Å². The second-order valence-corrected chi connectivity index (χ2v) is 8.83. The third kappa shape index (κ3) is 4.13. The molecule has 3 heteroatoms. The Labute approximate surface area is 199 Å². The van der Waals surface area contributed by atoms with Gasteiger partial charge in [-0.25, -0.2) is 0 Å². The van der Waals surface area contributed by atoms with Gasteiger partial charge in [-0.15, -0.1) is 0 Å². The average molecular weight is 447 g/mol. The molecule has 0 aliphatic heterocycles. The first kappa shape index (κ1) is 21.7. The highest BCUT2D eigenvalue weighted by atomic mass is 16.5. The van der Waals surface area contributed by atoms with E-state index in [0.717, 1.165) is 38.2 Å². The van der Waals surface area contributed by atoms with E-state index in [1.165, 1.54) is 5.56 Å². The third-order valence-corrected chi connectivity index (χ3v) is 6.38. The number of benzene rings is 5. The Morgan fingerprint density at radius 1 is 0.765 bits per heavy atom. The first-order valence-electron chi connectivity index (χ1n) is 11.5. The molecule has 0 unspecified atom stereocenters. The molecule has 0 aliphatic carbocycles. The summed E-state index contributed by atoms with van der Waals surface area (Å²) < 4.78 is 5.95. The van der Waals surface area contributed by atoms with E-state index in [1.54, 1.807) is 6.07 Å². The third-order valence-electron chi connectivity index (χ3n) is 6.38. The number of hydrogen-bond acceptors (Lipinski definition) is 3. The highest BCUT2D eigenvalue weighted by molar-refractivity contribution is 6.09. The lowest BCUT2D eigenvalue weighted by atomic mass is 9.93. The van der Waals surface area contributed by atoms with Gasteiger partial charge >= 0.3 is 5.97 Å². The SMILES string of the molecule is Cc1ccc([C@@H](C)CC(=O)Oc2cccc3cccc(-c4cccc5cccc(O)c45)c23)cc1. The predicted octanol–water partition coefficient (Wildman–Crippen LogP) is 7.77. The summed E-state index contributed by atoms with van der Waals surface area (Å²) in [5.41, 5.74) is 4.13. The maximum absolute atomic E-state index is 13.0. The van der Waals surface area contributed by atoms with Crippen molar-refractivity contribution in [2.45, 2.75) is 26.2 Å². The van der Waals surface area contributed by atoms with Crippen molar-refractivity contribution in [3.05, 3.63) is 108 Å². The monoisotopic (exact) mass is 446 g/mol. The molecule has 0 amide bonds. The maximum Gasteiger partial charge on any atom is 0.311 e. The molecule has 0 saturated heterocycles. The zero-order chi connectivity index (χ0) is 23.7. The van der Waals surface area contributed by atoms with Gasteiger partial charge in [0.25, 0.3) is 0 Å². The molecule has 0 aromatic heterocycles. The Kier molecular flexibility index (Phi) is 5.77. The Morgan fingerprint density at radius 2 is 1.32 bits per heavy atom. The molecule has 1 N–H and O–H groups in total. The van der Waals surface area contributed by atoms with Gasteiger partial charge in [0.1, 0.15) is 11.5 Å². The van der Waals surface area contributed by atoms with Crippen LogP contribution in [0.1, 0.15) is 30.4 Å². The fourth-order valence-corrected chi connectivity index (χ4v) is 4.59. The maximum atomic E-state index is 13.0. The van der Waals surface area contributed by atoms with E-state index in [4.69, 9.17) is 4.74 Å². The van der Waals surface area contributed by atoms with Crippen molar-refractivity contribution in [1.29, 1.82) is 0 Å². The summed E-state index contributed by atoms with van der Waals surface area (Å²) in [5, 5.41) is 14.2. The van der Waals surface area contributed by atoms with Gasteiger partial charge in [0.05, 0.1) is 6.42 Å². The second kappa shape index (κ2) is 9.03. The molecule has 0 fully saturated rings. The molecule has 168 valence electrons. The Hall–Kier alpha value is -4.11. The van der Waals surface area contributed by atoms with Crippen molar-refractivity contribution in [2.75, 3.05) is 0 Å². The van der Waals surface area contributed by atoms with E-state index in [0.29, 0.717) is 5.75 Å². The van der Waals surface area contributed by atoms with Gasteiger partial charge in [-0.3, -0.25) is 4.79 Å². The number of esters is 1. The average Bonchev–Trinajstić information content (AvgIpc) is 2.84. The van der Waals surface area contributed by atoms with E-state index in [-0.39, 0.29) is 24.1 Å². The summed E-state index contributed by atoms with van der Waals surface area (Å²) in [6.07, 6.45) is 0.288. The number of hydrogen-bond donors (Lipinski definition) is 1. The number of phenolic OH excluding ortho intramolecular Hbond substituents is 1. The number of rotatable bonds is 5. The molecule has 1 atom stereocenters. The smallest absolute Gasteiger partial charge is 0.311 e. The first-order chi connectivity index (χ1) is 16.5. The molecule has 34 heavy (non-hydrogen) atoms. The number of phenols is 1. The zero-order valence-corrected chi connectivity index (χ0v) is 19.3. The Balaban J connectivity index is 1.54. The first-order valence-corrected chi connectivity index (χ1v) is 11.5. The summed E-state index contributed by atoms with van der Waals surface area (Å²) >= 11 is 0. The number of fused-ring (bicyclic) bond motifs is 2. The van der Waals surface area contributed by atoms with Crippen LogP contribution in [0, 0.1) is 6.92 Å². The molecule has 5 aromatic carbocycles. The van der Waals surface area contributed by atoms with Crippen molar-refractivity contribution in [3.63, 3.8) is 0 Å². The fourth-order valence-electron chi connectivity index (χ4n) is 4.59. The van der Waals surface area contributed by atoms with Crippen molar-refractivity contribution in [2.24, 2.45) is 0 Å². The van der Waals surface area contributed by atoms with Crippen LogP contribution in [0.4, 0.5) is 0 Å². The lowest BCUT2D eigenvalue weighted by molar-refractivity contribution is -0.134. The molecular weight excluding hydrogens is 420 g/mol. The minimum atomic E-state index is -0.267. The number of ether oxygens (including phenoxy) is 1. The summed E-state index contributed by atoms with van der Waals surface area (Å²) in [6, 6.07) is 31.5. The number of aryl methyl sites for hydroxylation is 1. The van der Waals surface area contributed by atoms with Crippen molar-refractivity contribution in [1.82, 2.24) is 0 Å². The molecule has 0 radical (unpaired) electrons. The molecule has 0 spiro atoms. The Morgan fingerprint density at radius 3 is 2.00 bits per heavy atom. The van der Waals surface area contributed by atoms with Crippen molar-refractivity contribution >= 4 is 27.5 Å². The van der Waals surface area contributed by atoms with E-state index >= 15 is 0 Å². The van der Waals surface area contributed by atoms with Crippen LogP contribution < -0.4 is 4.74 Å². The van der Waals surface area contributed by atoms with Gasteiger partial charge < -0.3 is 9.84 Å². The van der Waals surface area contributed by atoms with Crippen LogP contribution in [-0.4, -0.2) is 11.1 Å². The minimum absolute atomic E-state index is 0.0533. The van der Waals surface area contributed by atoms with Crippen molar-refractivity contribution in [3.8, 4) is 22.6 Å². The van der Waals surface area contributed by atoms with Crippen LogP contribution >= 0.6 is 0 Å². The summed E-state index contributed by atoms with van der Waals surface area (Å²) in [7, 11) is 0. The van der Waals surface area contributed by atoms with Gasteiger partial charge in [0.15, 0.2) is 0 Å². The van der Waals surface area contributed by atoms with Crippen LogP contribution in [-0.2, 0) is 4.79 Å². The van der Waals surface area contributed by atoms with Crippen LogP contribution in [0.2, 0.25) is 0 Å². The van der Waals surface area contributed by atoms with Crippen LogP contribution in [0.15, 0.2) is 97.1 Å². The molecule has 0 heterocycles. The standard InChI is InChI=1S/C31H26O3/c1-20-15-17-22(18-16-20)21(2)19-29(33)34-28-14-6-10-24-8-4-12-26(31(24)28)25-11-3-7-23-9-5-13-27(32)30(23)25/h3-18,21,32H,19H2,1-2H3/t21-/m0/s1. The Bertz CT molecular complexity index is 1490. The summed E-state index contributed by atoms with van der Waals surface area (Å²) in [4.78, 5) is 13.0. The lowest BCUT2D eigenvalue weighted by Crippen LogP contribution is -2.12. The highest BCUT2D eigenvalue weighted by Crippen LogP contribution is 2.41. The predicted molar refractivity (Wildman–Crippen MR) is 138 cm³/mol. The second-order valence-electron chi connectivity index (χ2n) is 8.83. The zero-order valence-electron chi connectivity index (χ0n) is 19.3. The fraction of sp³-hybridized carbons (Fsp3) is 0.129. The van der Waals surface area contributed by atoms with Crippen LogP contribution in [0.3, 0.4) is 0 Å². The molecule has 5 aromatic rings. The van der Waals surface area contributed by atoms with Gasteiger partial charge in [-0.2, -0.15) is 0 Å². The van der Waals surface area contributed by atoms with Crippen molar-refractivity contribution < 1.29 is 14.6 Å². The molecule has 0 bridgehead atoms. The van der Waals surface area contributed by atoms with E-state index in [1.807, 2.05) is 73.7 Å². The molecule has 5 rings (SSSR count). The van der Waals surface area contributed by atoms with Gasteiger partial charge in [0, 0.05) is 10.8 Å². The number of carbonyl (C=O) groups excluding carboxylic acids is 1. The normalized spacial score (nSPS) is 12.1. The van der Waals surface area contributed by atoms with E-state index < -0.39 is 0 Å². The molecule has 0 saturated carbocycles. The largest absolute Gasteiger partial charge is 0.507 e. The van der Waals surface area contributed by atoms with Crippen LogP contribution in [0.5, 0.6) is 11.5 Å². The number of aromatic hydroxyl groups is 1. The minimum Gasteiger partial charge on any atom is -0.507 e. The molecule has 0 aliphatic rings. The topological polar surface area (TPSA) is 46.5 Å². The van der Waals surface area contributed by atoms with Crippen LogP contribution in [0.25, 0.3) is 32.7 Å². The molecular formula is C31H26O3. The highest BCUT2D eigenvalue weighted by Gasteiger charge is 2.17. The van der Waals surface area contributed by atoms with E-state index in [2.05, 4.69) is 31.2 Å². The van der Waals surface area contributed by atoms with Gasteiger partial charge in [-0.1, -0.05) is 97.4 Å². The summed E-state index contributed by atoms with van der Waals surface area (Å²) in [6.45, 7) is 4.09. The van der Waals surface area contributed by atoms with Gasteiger partial charge in [-0.05, 0) is 52.4 Å². The molecule has 3 nitrogen and oxygen atoms in total. The summed E-state index contributed by atoms with van der Waals surface area (Å²) in [5.74, 6) is 0.543. The quantitative estimate of drug-likeness (QED) is 0.221.